The predicted octanol–water partition coefficient (Wildman–Crippen LogP) is 4.21. The second-order valence-electron chi connectivity index (χ2n) is 5.50. The molecule has 0 aliphatic carbocycles. The van der Waals surface area contributed by atoms with E-state index < -0.39 is 0 Å². The Morgan fingerprint density at radius 2 is 1.58 bits per heavy atom. The molecule has 24 heavy (non-hydrogen) atoms. The third-order valence-electron chi connectivity index (χ3n) is 3.69. The Morgan fingerprint density at radius 3 is 2.33 bits per heavy atom. The average molecular weight is 316 g/mol. The second kappa shape index (κ2) is 6.12. The Hall–Kier alpha value is -3.21. The highest BCUT2D eigenvalue weighted by molar-refractivity contribution is 5.83. The fraction of sp³-hybridized carbons (Fsp3) is 0.105. The first kappa shape index (κ1) is 14.4. The van der Waals surface area contributed by atoms with Crippen LogP contribution in [0.2, 0.25) is 0 Å². The lowest BCUT2D eigenvalue weighted by molar-refractivity contribution is 0.606. The minimum Gasteiger partial charge on any atom is -0.417 e. The van der Waals surface area contributed by atoms with Gasteiger partial charge >= 0.3 is 0 Å². The van der Waals surface area contributed by atoms with Gasteiger partial charge in [-0.2, -0.15) is 4.98 Å². The van der Waals surface area contributed by atoms with Crippen LogP contribution in [0, 0.1) is 6.92 Å². The summed E-state index contributed by atoms with van der Waals surface area (Å²) in [6.07, 6.45) is 0. The molecular formula is C19H16N4O. The van der Waals surface area contributed by atoms with Gasteiger partial charge in [-0.05, 0) is 24.6 Å². The first-order valence-electron chi connectivity index (χ1n) is 7.78. The van der Waals surface area contributed by atoms with Gasteiger partial charge < -0.3 is 9.73 Å². The summed E-state index contributed by atoms with van der Waals surface area (Å²) in [5.74, 6) is 1.88. The van der Waals surface area contributed by atoms with Gasteiger partial charge in [0.05, 0.1) is 0 Å². The highest BCUT2D eigenvalue weighted by atomic mass is 16.4. The zero-order valence-electron chi connectivity index (χ0n) is 13.2. The third-order valence-corrected chi connectivity index (χ3v) is 3.69. The van der Waals surface area contributed by atoms with Gasteiger partial charge in [0.25, 0.3) is 5.71 Å². The molecule has 2 aromatic carbocycles. The number of nitrogens with one attached hydrogen (secondary N) is 1. The highest BCUT2D eigenvalue weighted by Crippen LogP contribution is 2.26. The average Bonchev–Trinajstić information content (AvgIpc) is 3.05. The summed E-state index contributed by atoms with van der Waals surface area (Å²) in [5, 5.41) is 3.34. The van der Waals surface area contributed by atoms with Crippen LogP contribution >= 0.6 is 0 Å². The van der Waals surface area contributed by atoms with Gasteiger partial charge in [-0.15, -0.1) is 0 Å². The lowest BCUT2D eigenvalue weighted by Crippen LogP contribution is -2.03. The largest absolute Gasteiger partial charge is 0.417 e. The Labute approximate surface area is 139 Å². The number of anilines is 1. The van der Waals surface area contributed by atoms with Crippen LogP contribution in [0.4, 0.5) is 5.82 Å². The molecule has 0 aliphatic rings. The van der Waals surface area contributed by atoms with Crippen LogP contribution in [0.1, 0.15) is 11.4 Å². The fourth-order valence-electron chi connectivity index (χ4n) is 2.54. The molecule has 2 heterocycles. The molecule has 4 aromatic rings. The Balaban J connectivity index is 1.71. The van der Waals surface area contributed by atoms with Crippen molar-refractivity contribution in [2.75, 3.05) is 5.32 Å². The van der Waals surface area contributed by atoms with Gasteiger partial charge in [0.1, 0.15) is 5.82 Å². The minimum atomic E-state index is 0.497. The standard InChI is InChI=1S/C19H16N4O/c1-13-21-17(20-12-14-8-4-2-5-9-14)16-19(22-13)24-18(23-16)15-10-6-3-7-11-15/h2-11H,12H2,1H3,(H,20,21,22). The van der Waals surface area contributed by atoms with E-state index in [1.165, 1.54) is 5.56 Å². The predicted molar refractivity (Wildman–Crippen MR) is 93.5 cm³/mol. The molecule has 4 rings (SSSR count). The van der Waals surface area contributed by atoms with E-state index in [0.29, 0.717) is 35.3 Å². The Morgan fingerprint density at radius 1 is 0.875 bits per heavy atom. The van der Waals surface area contributed by atoms with Crippen molar-refractivity contribution in [3.05, 3.63) is 72.1 Å². The van der Waals surface area contributed by atoms with Crippen molar-refractivity contribution in [1.82, 2.24) is 15.0 Å². The third kappa shape index (κ3) is 2.84. The maximum atomic E-state index is 5.83. The zero-order valence-corrected chi connectivity index (χ0v) is 13.2. The van der Waals surface area contributed by atoms with Gasteiger partial charge in [-0.3, -0.25) is 0 Å². The lowest BCUT2D eigenvalue weighted by Gasteiger charge is -2.06. The monoisotopic (exact) mass is 316 g/mol. The van der Waals surface area contributed by atoms with E-state index in [4.69, 9.17) is 4.42 Å². The van der Waals surface area contributed by atoms with Crippen molar-refractivity contribution in [2.24, 2.45) is 0 Å². The molecule has 0 spiro atoms. The van der Waals surface area contributed by atoms with E-state index in [2.05, 4.69) is 32.4 Å². The quantitative estimate of drug-likeness (QED) is 0.611. The van der Waals surface area contributed by atoms with Crippen molar-refractivity contribution < 1.29 is 4.42 Å². The molecule has 1 N–H and O–H groups in total. The number of aryl methyl sites for hydroxylation is 1. The second-order valence-corrected chi connectivity index (χ2v) is 5.50. The van der Waals surface area contributed by atoms with Crippen molar-refractivity contribution in [2.45, 2.75) is 13.5 Å². The van der Waals surface area contributed by atoms with Crippen molar-refractivity contribution in [1.29, 1.82) is 0 Å². The van der Waals surface area contributed by atoms with E-state index >= 15 is 0 Å². The topological polar surface area (TPSA) is 63.8 Å². The van der Waals surface area contributed by atoms with E-state index in [1.807, 2.05) is 55.5 Å². The summed E-state index contributed by atoms with van der Waals surface area (Å²) in [5.41, 5.74) is 3.24. The van der Waals surface area contributed by atoms with Crippen LogP contribution in [-0.4, -0.2) is 15.0 Å². The van der Waals surface area contributed by atoms with E-state index in [-0.39, 0.29) is 0 Å². The Bertz CT molecular complexity index is 965. The summed E-state index contributed by atoms with van der Waals surface area (Å²) < 4.78 is 5.83. The summed E-state index contributed by atoms with van der Waals surface area (Å²) in [7, 11) is 0. The molecule has 0 unspecified atom stereocenters. The van der Waals surface area contributed by atoms with E-state index in [0.717, 1.165) is 5.56 Å². The molecule has 5 heteroatoms. The Kier molecular flexibility index (Phi) is 3.67. The number of hydrogen-bond acceptors (Lipinski definition) is 5. The maximum absolute atomic E-state index is 5.83. The number of aromatic nitrogens is 3. The lowest BCUT2D eigenvalue weighted by atomic mass is 10.2. The molecule has 0 bridgehead atoms. The molecule has 118 valence electrons. The number of oxazole rings is 1. The van der Waals surface area contributed by atoms with Gasteiger partial charge in [-0.1, -0.05) is 48.5 Å². The van der Waals surface area contributed by atoms with Crippen LogP contribution in [0.15, 0.2) is 65.1 Å². The van der Waals surface area contributed by atoms with Crippen LogP contribution in [-0.2, 0) is 6.54 Å². The molecule has 0 saturated carbocycles. The molecule has 5 nitrogen and oxygen atoms in total. The molecule has 0 aliphatic heterocycles. The molecule has 0 amide bonds. The van der Waals surface area contributed by atoms with Gasteiger partial charge in [0.2, 0.25) is 5.89 Å². The number of nitrogens with zero attached hydrogens (tertiary/aromatic N) is 3. The molecule has 0 radical (unpaired) electrons. The SMILES string of the molecule is Cc1nc(NCc2ccccc2)c2nc(-c3ccccc3)oc2n1. The smallest absolute Gasteiger partial charge is 0.252 e. The van der Waals surface area contributed by atoms with Crippen LogP contribution in [0.3, 0.4) is 0 Å². The first-order valence-corrected chi connectivity index (χ1v) is 7.78. The summed E-state index contributed by atoms with van der Waals surface area (Å²) in [6, 6.07) is 20.0. The van der Waals surface area contributed by atoms with Gasteiger partial charge in [-0.25, -0.2) is 9.97 Å². The van der Waals surface area contributed by atoms with E-state index in [1.54, 1.807) is 0 Å². The number of fused-ring (bicyclic) bond motifs is 1. The molecular weight excluding hydrogens is 300 g/mol. The molecule has 0 fully saturated rings. The minimum absolute atomic E-state index is 0.497. The maximum Gasteiger partial charge on any atom is 0.252 e. The fourth-order valence-corrected chi connectivity index (χ4v) is 2.54. The molecule has 2 aromatic heterocycles. The normalized spacial score (nSPS) is 10.9. The van der Waals surface area contributed by atoms with Crippen LogP contribution < -0.4 is 5.32 Å². The summed E-state index contributed by atoms with van der Waals surface area (Å²) >= 11 is 0. The summed E-state index contributed by atoms with van der Waals surface area (Å²) in [4.78, 5) is 13.4. The molecule has 0 saturated heterocycles. The van der Waals surface area contributed by atoms with Crippen molar-refractivity contribution in [3.63, 3.8) is 0 Å². The number of benzene rings is 2. The van der Waals surface area contributed by atoms with Crippen molar-refractivity contribution in [3.8, 4) is 11.5 Å². The van der Waals surface area contributed by atoms with Crippen LogP contribution in [0.25, 0.3) is 22.7 Å². The number of hydrogen-bond donors (Lipinski definition) is 1. The van der Waals surface area contributed by atoms with E-state index in [9.17, 15) is 0 Å². The summed E-state index contributed by atoms with van der Waals surface area (Å²) in [6.45, 7) is 2.51. The zero-order chi connectivity index (χ0) is 16.4. The number of rotatable bonds is 4. The van der Waals surface area contributed by atoms with Crippen LogP contribution in [0.5, 0.6) is 0 Å². The van der Waals surface area contributed by atoms with Crippen molar-refractivity contribution >= 4 is 17.0 Å². The van der Waals surface area contributed by atoms with Gasteiger partial charge in [0.15, 0.2) is 11.3 Å². The molecule has 0 atom stereocenters. The van der Waals surface area contributed by atoms with Gasteiger partial charge in [0, 0.05) is 12.1 Å². The highest BCUT2D eigenvalue weighted by Gasteiger charge is 2.14. The first-order chi connectivity index (χ1) is 11.8.